The third kappa shape index (κ3) is 4.79. The number of piperidine rings is 1. The van der Waals surface area contributed by atoms with E-state index in [-0.39, 0.29) is 0 Å². The van der Waals surface area contributed by atoms with E-state index >= 15 is 0 Å². The molecular weight excluding hydrogens is 300 g/mol. The maximum atomic E-state index is 6.08. The smallest absolute Gasteiger partial charge is 0.205 e. The van der Waals surface area contributed by atoms with Crippen molar-refractivity contribution >= 4 is 0 Å². The second-order valence-electron chi connectivity index (χ2n) is 7.18. The Bertz CT molecular complexity index is 401. The van der Waals surface area contributed by atoms with Crippen molar-refractivity contribution in [2.24, 2.45) is 0 Å². The highest BCUT2D eigenvalue weighted by molar-refractivity contribution is 5.04. The van der Waals surface area contributed by atoms with Gasteiger partial charge in [0, 0.05) is 32.7 Å². The molecule has 0 amide bonds. The van der Waals surface area contributed by atoms with Crippen molar-refractivity contribution in [1.29, 1.82) is 0 Å². The van der Waals surface area contributed by atoms with Gasteiger partial charge >= 0.3 is 0 Å². The quantitative estimate of drug-likeness (QED) is 0.675. The summed E-state index contributed by atoms with van der Waals surface area (Å²) in [5.74, 6) is 1.02. The molecule has 2 unspecified atom stereocenters. The molecule has 24 heavy (non-hydrogen) atoms. The molecule has 0 radical (unpaired) electrons. The van der Waals surface area contributed by atoms with Gasteiger partial charge in [-0.05, 0) is 46.4 Å². The lowest BCUT2D eigenvalue weighted by Gasteiger charge is -2.48. The van der Waals surface area contributed by atoms with Crippen molar-refractivity contribution in [1.82, 2.24) is 19.6 Å². The van der Waals surface area contributed by atoms with Crippen molar-refractivity contribution in [3.63, 3.8) is 0 Å². The Kier molecular flexibility index (Phi) is 7.69. The summed E-state index contributed by atoms with van der Waals surface area (Å²) >= 11 is 0. The average molecular weight is 339 g/mol. The monoisotopic (exact) mass is 338 g/mol. The number of hydrogen-bond acceptors (Lipinski definition) is 5. The molecule has 2 rings (SSSR count). The molecule has 0 spiro atoms. The van der Waals surface area contributed by atoms with Crippen LogP contribution in [0.15, 0.2) is 12.1 Å². The molecule has 1 saturated heterocycles. The van der Waals surface area contributed by atoms with E-state index in [0.717, 1.165) is 38.7 Å². The third-order valence-corrected chi connectivity index (χ3v) is 5.68. The van der Waals surface area contributed by atoms with E-state index in [9.17, 15) is 0 Å². The fraction of sp³-hybridized carbons (Fsp3) is 0.895. The lowest BCUT2D eigenvalue weighted by atomic mass is 9.93. The zero-order valence-corrected chi connectivity index (χ0v) is 16.5. The van der Waals surface area contributed by atoms with Gasteiger partial charge in [0.25, 0.3) is 0 Å². The summed E-state index contributed by atoms with van der Waals surface area (Å²) in [5.41, 5.74) is 0. The van der Waals surface area contributed by atoms with Crippen LogP contribution in [0.1, 0.15) is 40.0 Å². The Morgan fingerprint density at radius 3 is 2.62 bits per heavy atom. The average Bonchev–Trinajstić information content (AvgIpc) is 2.62. The molecule has 0 bridgehead atoms. The highest BCUT2D eigenvalue weighted by Gasteiger charge is 2.35. The van der Waals surface area contributed by atoms with Crippen LogP contribution in [0.5, 0.6) is 0 Å². The Balaban J connectivity index is 2.00. The Morgan fingerprint density at radius 1 is 1.17 bits per heavy atom. The molecular formula is C19H38N4O. The van der Waals surface area contributed by atoms with Crippen molar-refractivity contribution in [3.05, 3.63) is 12.1 Å². The standard InChI is InChI=1S/C19H38N4O/c1-6-20(4)13-14-24-19-16-23(8-3)18(15-21(19)5)17-11-9-10-12-22(17)7-2/h16-18H,6-15H2,1-5H3. The van der Waals surface area contributed by atoms with E-state index in [4.69, 9.17) is 4.74 Å². The molecule has 2 aliphatic rings. The van der Waals surface area contributed by atoms with E-state index in [1.54, 1.807) is 0 Å². The fourth-order valence-corrected chi connectivity index (χ4v) is 3.94. The van der Waals surface area contributed by atoms with Crippen LogP contribution in [0.4, 0.5) is 0 Å². The molecule has 0 saturated carbocycles. The van der Waals surface area contributed by atoms with Gasteiger partial charge in [-0.15, -0.1) is 0 Å². The molecule has 140 valence electrons. The van der Waals surface area contributed by atoms with E-state index in [1.807, 2.05) is 0 Å². The number of nitrogens with zero attached hydrogens (tertiary/aromatic N) is 4. The van der Waals surface area contributed by atoms with Crippen molar-refractivity contribution in [3.8, 4) is 0 Å². The maximum absolute atomic E-state index is 6.08. The summed E-state index contributed by atoms with van der Waals surface area (Å²) in [6.07, 6.45) is 6.31. The first-order chi connectivity index (χ1) is 11.6. The number of ether oxygens (including phenoxy) is 1. The van der Waals surface area contributed by atoms with Crippen LogP contribution in [0, 0.1) is 0 Å². The summed E-state index contributed by atoms with van der Waals surface area (Å²) in [7, 11) is 4.31. The second kappa shape index (κ2) is 9.52. The number of likely N-dealkylation sites (tertiary alicyclic amines) is 1. The minimum atomic E-state index is 0.575. The van der Waals surface area contributed by atoms with Gasteiger partial charge in [-0.1, -0.05) is 20.3 Å². The lowest BCUT2D eigenvalue weighted by Crippen LogP contribution is -2.58. The minimum absolute atomic E-state index is 0.575. The van der Waals surface area contributed by atoms with Gasteiger partial charge in [0.1, 0.15) is 6.61 Å². The maximum Gasteiger partial charge on any atom is 0.205 e. The minimum Gasteiger partial charge on any atom is -0.477 e. The molecule has 5 heteroatoms. The zero-order chi connectivity index (χ0) is 17.5. The third-order valence-electron chi connectivity index (χ3n) is 5.68. The Hall–Kier alpha value is -0.940. The van der Waals surface area contributed by atoms with E-state index in [2.05, 4.69) is 60.7 Å². The van der Waals surface area contributed by atoms with Crippen LogP contribution in [-0.2, 0) is 4.74 Å². The van der Waals surface area contributed by atoms with Crippen LogP contribution in [0.2, 0.25) is 0 Å². The van der Waals surface area contributed by atoms with Crippen LogP contribution < -0.4 is 0 Å². The predicted octanol–water partition coefficient (Wildman–Crippen LogP) is 2.26. The first-order valence-electron chi connectivity index (χ1n) is 9.84. The lowest BCUT2D eigenvalue weighted by molar-refractivity contribution is 0.0210. The molecule has 0 aliphatic carbocycles. The Labute approximate surface area is 149 Å². The second-order valence-corrected chi connectivity index (χ2v) is 7.18. The summed E-state index contributed by atoms with van der Waals surface area (Å²) < 4.78 is 6.08. The molecule has 0 N–H and O–H groups in total. The van der Waals surface area contributed by atoms with Gasteiger partial charge in [0.15, 0.2) is 0 Å². The van der Waals surface area contributed by atoms with Gasteiger partial charge < -0.3 is 19.4 Å². The number of hydrogen-bond donors (Lipinski definition) is 0. The molecule has 2 aliphatic heterocycles. The van der Waals surface area contributed by atoms with Crippen LogP contribution in [-0.4, -0.2) is 91.7 Å². The van der Waals surface area contributed by atoms with E-state index < -0.39 is 0 Å². The normalized spacial score (nSPS) is 26.0. The van der Waals surface area contributed by atoms with Gasteiger partial charge in [-0.25, -0.2) is 0 Å². The SMILES string of the molecule is CCN(C)CCOC1=CN(CC)C(C2CCCCN2CC)CN1C. The van der Waals surface area contributed by atoms with E-state index in [0.29, 0.717) is 12.1 Å². The molecule has 0 aromatic carbocycles. The molecule has 2 atom stereocenters. The van der Waals surface area contributed by atoms with Gasteiger partial charge in [-0.2, -0.15) is 0 Å². The summed E-state index contributed by atoms with van der Waals surface area (Å²) in [4.78, 5) is 9.79. The first kappa shape index (κ1) is 19.4. The number of rotatable bonds is 8. The fourth-order valence-electron chi connectivity index (χ4n) is 3.94. The number of likely N-dealkylation sites (N-methyl/N-ethyl adjacent to an activating group) is 4. The topological polar surface area (TPSA) is 22.2 Å². The van der Waals surface area contributed by atoms with Gasteiger partial charge in [0.05, 0.1) is 12.2 Å². The highest BCUT2D eigenvalue weighted by Crippen LogP contribution is 2.27. The predicted molar refractivity (Wildman–Crippen MR) is 101 cm³/mol. The van der Waals surface area contributed by atoms with Crippen molar-refractivity contribution in [2.45, 2.75) is 52.1 Å². The zero-order valence-electron chi connectivity index (χ0n) is 16.5. The van der Waals surface area contributed by atoms with Crippen LogP contribution in [0.3, 0.4) is 0 Å². The molecule has 0 aromatic rings. The van der Waals surface area contributed by atoms with Crippen molar-refractivity contribution < 1.29 is 4.74 Å². The van der Waals surface area contributed by atoms with Gasteiger partial charge in [0.2, 0.25) is 5.88 Å². The summed E-state index contributed by atoms with van der Waals surface area (Å²) in [6.45, 7) is 14.1. The molecule has 0 aromatic heterocycles. The van der Waals surface area contributed by atoms with Gasteiger partial charge in [-0.3, -0.25) is 4.90 Å². The molecule has 5 nitrogen and oxygen atoms in total. The molecule has 1 fully saturated rings. The van der Waals surface area contributed by atoms with Crippen molar-refractivity contribution in [2.75, 3.05) is 60.0 Å². The van der Waals surface area contributed by atoms with Crippen LogP contribution >= 0.6 is 0 Å². The molecule has 2 heterocycles. The summed E-state index contributed by atoms with van der Waals surface area (Å²) in [6, 6.07) is 1.25. The Morgan fingerprint density at radius 2 is 1.96 bits per heavy atom. The van der Waals surface area contributed by atoms with E-state index in [1.165, 1.54) is 32.4 Å². The highest BCUT2D eigenvalue weighted by atomic mass is 16.5. The van der Waals surface area contributed by atoms with Crippen LogP contribution in [0.25, 0.3) is 0 Å². The largest absolute Gasteiger partial charge is 0.477 e. The summed E-state index contributed by atoms with van der Waals surface area (Å²) in [5, 5.41) is 0. The first-order valence-corrected chi connectivity index (χ1v) is 9.84.